The van der Waals surface area contributed by atoms with Crippen molar-refractivity contribution in [1.29, 1.82) is 0 Å². The average molecular weight is 366 g/mol. The van der Waals surface area contributed by atoms with E-state index in [9.17, 15) is 4.21 Å². The van der Waals surface area contributed by atoms with E-state index in [-0.39, 0.29) is 0 Å². The number of anilines is 1. The van der Waals surface area contributed by atoms with Gasteiger partial charge in [-0.25, -0.2) is 0 Å². The molecule has 0 fully saturated rings. The largest absolute Gasteiger partial charge is 0.398 e. The van der Waals surface area contributed by atoms with Crippen molar-refractivity contribution in [2.24, 2.45) is 0 Å². The van der Waals surface area contributed by atoms with E-state index in [2.05, 4.69) is 15.9 Å². The van der Waals surface area contributed by atoms with Gasteiger partial charge in [0.05, 0.1) is 54.5 Å². The van der Waals surface area contributed by atoms with Crippen molar-refractivity contribution in [1.82, 2.24) is 0 Å². The number of hydrogen-bond donors (Lipinski definition) is 1. The Labute approximate surface area is 130 Å². The molecule has 0 bridgehead atoms. The van der Waals surface area contributed by atoms with E-state index in [1.165, 1.54) is 0 Å². The Bertz CT molecular complexity index is 431. The standard InChI is InChI=1S/C13H20BrNO4S/c1-17-4-5-18-6-7-19-8-9-20(16)13-10-11(14)2-3-12(13)15/h2-3,10H,4-9,15H2,1H3. The number of ether oxygens (including phenoxy) is 3. The van der Waals surface area contributed by atoms with E-state index in [0.717, 1.165) is 4.47 Å². The van der Waals surface area contributed by atoms with E-state index < -0.39 is 10.8 Å². The summed E-state index contributed by atoms with van der Waals surface area (Å²) in [6, 6.07) is 5.34. The van der Waals surface area contributed by atoms with Crippen molar-refractivity contribution >= 4 is 32.4 Å². The highest BCUT2D eigenvalue weighted by Gasteiger charge is 2.08. The molecule has 1 unspecified atom stereocenters. The quantitative estimate of drug-likeness (QED) is 0.505. The highest BCUT2D eigenvalue weighted by molar-refractivity contribution is 9.10. The molecular weight excluding hydrogens is 346 g/mol. The zero-order chi connectivity index (χ0) is 14.8. The third kappa shape index (κ3) is 6.81. The van der Waals surface area contributed by atoms with Crippen molar-refractivity contribution < 1.29 is 18.4 Å². The number of hydrogen-bond acceptors (Lipinski definition) is 5. The molecule has 0 saturated heterocycles. The topological polar surface area (TPSA) is 70.8 Å². The first-order valence-electron chi connectivity index (χ1n) is 6.23. The lowest BCUT2D eigenvalue weighted by molar-refractivity contribution is 0.0285. The molecule has 0 amide bonds. The van der Waals surface area contributed by atoms with Crippen LogP contribution >= 0.6 is 15.9 Å². The summed E-state index contributed by atoms with van der Waals surface area (Å²) in [6.07, 6.45) is 0. The number of rotatable bonds is 10. The predicted octanol–water partition coefficient (Wildman–Crippen LogP) is 1.82. The summed E-state index contributed by atoms with van der Waals surface area (Å²) >= 11 is 3.34. The minimum Gasteiger partial charge on any atom is -0.398 e. The van der Waals surface area contributed by atoms with Crippen LogP contribution in [0.15, 0.2) is 27.6 Å². The van der Waals surface area contributed by atoms with Crippen LogP contribution in [0.1, 0.15) is 0 Å². The normalized spacial score (nSPS) is 12.5. The molecule has 0 aliphatic heterocycles. The maximum absolute atomic E-state index is 12.1. The molecule has 0 saturated carbocycles. The summed E-state index contributed by atoms with van der Waals surface area (Å²) < 4.78 is 28.4. The van der Waals surface area contributed by atoms with Crippen LogP contribution in [0, 0.1) is 0 Å². The molecule has 0 aromatic heterocycles. The maximum atomic E-state index is 12.1. The average Bonchev–Trinajstić information content (AvgIpc) is 2.44. The number of nitrogens with two attached hydrogens (primary N) is 1. The first-order valence-corrected chi connectivity index (χ1v) is 8.34. The van der Waals surface area contributed by atoms with Crippen molar-refractivity contribution in [3.63, 3.8) is 0 Å². The zero-order valence-electron chi connectivity index (χ0n) is 11.5. The molecule has 1 aromatic rings. The number of benzene rings is 1. The molecule has 0 aliphatic carbocycles. The van der Waals surface area contributed by atoms with Gasteiger partial charge in [-0.2, -0.15) is 0 Å². The van der Waals surface area contributed by atoms with Gasteiger partial charge in [0.15, 0.2) is 0 Å². The van der Waals surface area contributed by atoms with Gasteiger partial charge in [-0.3, -0.25) is 4.21 Å². The Morgan fingerprint density at radius 1 is 1.15 bits per heavy atom. The lowest BCUT2D eigenvalue weighted by Gasteiger charge is -2.08. The first kappa shape index (κ1) is 17.6. The molecule has 114 valence electrons. The van der Waals surface area contributed by atoms with Crippen LogP contribution in [-0.4, -0.2) is 50.1 Å². The highest BCUT2D eigenvalue weighted by atomic mass is 79.9. The van der Waals surface area contributed by atoms with E-state index in [0.29, 0.717) is 49.4 Å². The predicted molar refractivity (Wildman–Crippen MR) is 83.3 cm³/mol. The molecule has 2 N–H and O–H groups in total. The lowest BCUT2D eigenvalue weighted by Crippen LogP contribution is -2.12. The van der Waals surface area contributed by atoms with Gasteiger partial charge in [-0.05, 0) is 18.2 Å². The minimum absolute atomic E-state index is 0.409. The Hall–Kier alpha value is -0.470. The summed E-state index contributed by atoms with van der Waals surface area (Å²) in [5, 5.41) is 0. The molecule has 7 heteroatoms. The van der Waals surface area contributed by atoms with Crippen LogP contribution < -0.4 is 5.73 Å². The molecule has 0 spiro atoms. The van der Waals surface area contributed by atoms with E-state index in [1.807, 2.05) is 6.07 Å². The fraction of sp³-hybridized carbons (Fsp3) is 0.538. The first-order chi connectivity index (χ1) is 9.65. The molecule has 1 rings (SSSR count). The van der Waals surface area contributed by atoms with Crippen molar-refractivity contribution in [2.75, 3.05) is 51.6 Å². The van der Waals surface area contributed by atoms with E-state index in [4.69, 9.17) is 19.9 Å². The Balaban J connectivity index is 2.18. The fourth-order valence-corrected chi connectivity index (χ4v) is 3.01. The summed E-state index contributed by atoms with van der Waals surface area (Å²) in [4.78, 5) is 0.638. The molecule has 5 nitrogen and oxygen atoms in total. The zero-order valence-corrected chi connectivity index (χ0v) is 13.9. The molecule has 1 atom stereocenters. The van der Waals surface area contributed by atoms with Gasteiger partial charge in [0.1, 0.15) is 0 Å². The van der Waals surface area contributed by atoms with Crippen LogP contribution in [0.4, 0.5) is 5.69 Å². The molecule has 0 heterocycles. The van der Waals surface area contributed by atoms with E-state index in [1.54, 1.807) is 19.2 Å². The highest BCUT2D eigenvalue weighted by Crippen LogP contribution is 2.21. The van der Waals surface area contributed by atoms with Gasteiger partial charge in [-0.1, -0.05) is 15.9 Å². The van der Waals surface area contributed by atoms with Crippen LogP contribution in [0.5, 0.6) is 0 Å². The fourth-order valence-electron chi connectivity index (χ4n) is 1.41. The molecule has 20 heavy (non-hydrogen) atoms. The van der Waals surface area contributed by atoms with Crippen LogP contribution in [0.2, 0.25) is 0 Å². The summed E-state index contributed by atoms with van der Waals surface area (Å²) in [6.45, 7) is 2.53. The second-order valence-corrected chi connectivity index (χ2v) is 6.40. The monoisotopic (exact) mass is 365 g/mol. The third-order valence-electron chi connectivity index (χ3n) is 2.44. The van der Waals surface area contributed by atoms with Gasteiger partial charge < -0.3 is 19.9 Å². The van der Waals surface area contributed by atoms with Crippen molar-refractivity contribution in [3.05, 3.63) is 22.7 Å². The Morgan fingerprint density at radius 2 is 1.80 bits per heavy atom. The molecule has 0 radical (unpaired) electrons. The summed E-state index contributed by atoms with van der Waals surface area (Å²) in [7, 11) is 0.471. The van der Waals surface area contributed by atoms with Crippen LogP contribution in [-0.2, 0) is 25.0 Å². The number of nitrogen functional groups attached to an aromatic ring is 1. The summed E-state index contributed by atoms with van der Waals surface area (Å²) in [5.41, 5.74) is 6.34. The Morgan fingerprint density at radius 3 is 2.50 bits per heavy atom. The second-order valence-electron chi connectivity index (χ2n) is 3.95. The number of methoxy groups -OCH3 is 1. The van der Waals surface area contributed by atoms with E-state index >= 15 is 0 Å². The number of halogens is 1. The lowest BCUT2D eigenvalue weighted by atomic mass is 10.3. The third-order valence-corrected chi connectivity index (χ3v) is 4.31. The van der Waals surface area contributed by atoms with Gasteiger partial charge in [0, 0.05) is 17.3 Å². The second kappa shape index (κ2) is 10.3. The molecule has 1 aromatic carbocycles. The maximum Gasteiger partial charge on any atom is 0.0701 e. The van der Waals surface area contributed by atoms with Crippen LogP contribution in [0.3, 0.4) is 0 Å². The van der Waals surface area contributed by atoms with Gasteiger partial charge >= 0.3 is 0 Å². The summed E-state index contributed by atoms with van der Waals surface area (Å²) in [5.74, 6) is 0.415. The Kier molecular flexibility index (Phi) is 9.04. The van der Waals surface area contributed by atoms with Gasteiger partial charge in [0.2, 0.25) is 0 Å². The smallest absolute Gasteiger partial charge is 0.0701 e. The molecular formula is C13H20BrNO4S. The van der Waals surface area contributed by atoms with Gasteiger partial charge in [0.25, 0.3) is 0 Å². The van der Waals surface area contributed by atoms with Gasteiger partial charge in [-0.15, -0.1) is 0 Å². The minimum atomic E-state index is -1.16. The SMILES string of the molecule is COCCOCCOCCS(=O)c1cc(Br)ccc1N. The molecule has 0 aliphatic rings. The van der Waals surface area contributed by atoms with Crippen molar-refractivity contribution in [3.8, 4) is 0 Å². The van der Waals surface area contributed by atoms with Crippen molar-refractivity contribution in [2.45, 2.75) is 4.90 Å². The van der Waals surface area contributed by atoms with Crippen LogP contribution in [0.25, 0.3) is 0 Å².